The number of carboxylic acids is 1. The molecule has 0 spiro atoms. The molecule has 0 amide bonds. The summed E-state index contributed by atoms with van der Waals surface area (Å²) in [5.74, 6) is -1.74. The molecule has 94 valence electrons. The van der Waals surface area contributed by atoms with Crippen LogP contribution in [0.15, 0.2) is 0 Å². The maximum absolute atomic E-state index is 10.9. The molecule has 0 aliphatic heterocycles. The first kappa shape index (κ1) is 14.8. The third-order valence-electron chi connectivity index (χ3n) is 1.37. The van der Waals surface area contributed by atoms with Gasteiger partial charge in [0.05, 0.1) is 19.8 Å². The number of carbonyl (C=O) groups excluding carboxylic acids is 1. The van der Waals surface area contributed by atoms with Crippen molar-refractivity contribution in [3.8, 4) is 0 Å². The number of carboxylic acid groups (broad SMARTS) is 1. The first-order valence-electron chi connectivity index (χ1n) is 4.68. The molecule has 7 heteroatoms. The lowest BCUT2D eigenvalue weighted by Gasteiger charge is -2.05. The van der Waals surface area contributed by atoms with Crippen LogP contribution in [0.4, 0.5) is 0 Å². The predicted molar refractivity (Wildman–Crippen MR) is 52.1 cm³/mol. The second kappa shape index (κ2) is 10.3. The van der Waals surface area contributed by atoms with Gasteiger partial charge in [-0.25, -0.2) is 9.59 Å². The number of methoxy groups -OCH3 is 1. The van der Waals surface area contributed by atoms with E-state index in [1.807, 2.05) is 0 Å². The van der Waals surface area contributed by atoms with Crippen LogP contribution < -0.4 is 0 Å². The minimum Gasteiger partial charge on any atom is -0.480 e. The van der Waals surface area contributed by atoms with E-state index in [9.17, 15) is 9.59 Å². The van der Waals surface area contributed by atoms with Crippen LogP contribution in [0.3, 0.4) is 0 Å². The van der Waals surface area contributed by atoms with Gasteiger partial charge in [0.1, 0.15) is 19.8 Å². The number of rotatable bonds is 10. The SMILES string of the molecule is COCCOCCOC(=O)COCC(=O)O. The minimum atomic E-state index is -1.13. The number of hydrogen-bond acceptors (Lipinski definition) is 6. The molecule has 0 heterocycles. The number of ether oxygens (including phenoxy) is 4. The molecule has 0 aliphatic carbocycles. The van der Waals surface area contributed by atoms with Crippen molar-refractivity contribution in [2.24, 2.45) is 0 Å². The topological polar surface area (TPSA) is 91.3 Å². The lowest BCUT2D eigenvalue weighted by Crippen LogP contribution is -2.18. The molecule has 0 atom stereocenters. The third-order valence-corrected chi connectivity index (χ3v) is 1.37. The van der Waals surface area contributed by atoms with Gasteiger partial charge in [0.15, 0.2) is 0 Å². The second-order valence-electron chi connectivity index (χ2n) is 2.71. The van der Waals surface area contributed by atoms with E-state index < -0.39 is 18.5 Å². The molecule has 0 radical (unpaired) electrons. The molecular formula is C9H16O7. The summed E-state index contributed by atoms with van der Waals surface area (Å²) >= 11 is 0. The van der Waals surface area contributed by atoms with Crippen molar-refractivity contribution in [1.82, 2.24) is 0 Å². The van der Waals surface area contributed by atoms with E-state index in [4.69, 9.17) is 14.6 Å². The molecule has 0 fully saturated rings. The Labute approximate surface area is 93.2 Å². The van der Waals surface area contributed by atoms with E-state index in [0.29, 0.717) is 13.2 Å². The molecule has 1 N–H and O–H groups in total. The smallest absolute Gasteiger partial charge is 0.332 e. The van der Waals surface area contributed by atoms with Gasteiger partial charge >= 0.3 is 11.9 Å². The predicted octanol–water partition coefficient (Wildman–Crippen LogP) is -0.706. The number of carbonyl (C=O) groups is 2. The quantitative estimate of drug-likeness (QED) is 0.396. The van der Waals surface area contributed by atoms with Gasteiger partial charge in [-0.1, -0.05) is 0 Å². The molecule has 0 rings (SSSR count). The highest BCUT2D eigenvalue weighted by Crippen LogP contribution is 1.84. The Balaban J connectivity index is 3.20. The summed E-state index contributed by atoms with van der Waals surface area (Å²) in [5, 5.41) is 8.21. The van der Waals surface area contributed by atoms with Crippen LogP contribution in [0.5, 0.6) is 0 Å². The zero-order chi connectivity index (χ0) is 12.2. The Morgan fingerprint density at radius 3 is 2.31 bits per heavy atom. The van der Waals surface area contributed by atoms with Crippen molar-refractivity contribution in [2.45, 2.75) is 0 Å². The lowest BCUT2D eigenvalue weighted by molar-refractivity contribution is -0.153. The van der Waals surface area contributed by atoms with Gasteiger partial charge in [0.2, 0.25) is 0 Å². The second-order valence-corrected chi connectivity index (χ2v) is 2.71. The molecule has 0 aromatic heterocycles. The van der Waals surface area contributed by atoms with E-state index in [1.165, 1.54) is 0 Å². The average Bonchev–Trinajstić information content (AvgIpc) is 2.22. The van der Waals surface area contributed by atoms with Crippen molar-refractivity contribution in [3.05, 3.63) is 0 Å². The summed E-state index contributed by atoms with van der Waals surface area (Å²) in [4.78, 5) is 20.9. The Bertz CT molecular complexity index is 204. The van der Waals surface area contributed by atoms with Crippen molar-refractivity contribution in [3.63, 3.8) is 0 Å². The fourth-order valence-corrected chi connectivity index (χ4v) is 0.722. The summed E-state index contributed by atoms with van der Waals surface area (Å²) < 4.78 is 19.0. The van der Waals surface area contributed by atoms with Crippen LogP contribution in [0.1, 0.15) is 0 Å². The maximum Gasteiger partial charge on any atom is 0.332 e. The summed E-state index contributed by atoms with van der Waals surface area (Å²) in [5.41, 5.74) is 0. The molecule has 0 saturated heterocycles. The molecule has 7 nitrogen and oxygen atoms in total. The monoisotopic (exact) mass is 236 g/mol. The Hall–Kier alpha value is -1.18. The maximum atomic E-state index is 10.9. The first-order chi connectivity index (χ1) is 7.66. The minimum absolute atomic E-state index is 0.110. The molecule has 0 aliphatic rings. The van der Waals surface area contributed by atoms with Gasteiger partial charge in [0.25, 0.3) is 0 Å². The summed E-state index contributed by atoms with van der Waals surface area (Å²) in [6.45, 7) is 0.413. The van der Waals surface area contributed by atoms with Gasteiger partial charge in [-0.3, -0.25) is 0 Å². The van der Waals surface area contributed by atoms with E-state index in [2.05, 4.69) is 9.47 Å². The largest absolute Gasteiger partial charge is 0.480 e. The van der Waals surface area contributed by atoms with E-state index in [1.54, 1.807) is 7.11 Å². The van der Waals surface area contributed by atoms with E-state index in [-0.39, 0.29) is 19.8 Å². The molecule has 0 unspecified atom stereocenters. The van der Waals surface area contributed by atoms with Crippen LogP contribution in [0.2, 0.25) is 0 Å². The lowest BCUT2D eigenvalue weighted by atomic mass is 10.6. The average molecular weight is 236 g/mol. The number of aliphatic carboxylic acids is 1. The van der Waals surface area contributed by atoms with Crippen LogP contribution in [-0.2, 0) is 28.5 Å². The molecule has 0 aromatic rings. The number of hydrogen-bond donors (Lipinski definition) is 1. The van der Waals surface area contributed by atoms with Crippen LogP contribution >= 0.6 is 0 Å². The van der Waals surface area contributed by atoms with Gasteiger partial charge in [-0.2, -0.15) is 0 Å². The Kier molecular flexibility index (Phi) is 9.58. The molecule has 0 aromatic carbocycles. The third kappa shape index (κ3) is 10.9. The first-order valence-corrected chi connectivity index (χ1v) is 4.68. The standard InChI is InChI=1S/C9H16O7/c1-13-2-3-14-4-5-16-9(12)7-15-6-8(10)11/h2-7H2,1H3,(H,10,11). The highest BCUT2D eigenvalue weighted by atomic mass is 16.6. The van der Waals surface area contributed by atoms with Crippen molar-refractivity contribution >= 4 is 11.9 Å². The molecule has 0 saturated carbocycles. The highest BCUT2D eigenvalue weighted by molar-refractivity contribution is 5.72. The van der Waals surface area contributed by atoms with E-state index >= 15 is 0 Å². The summed E-state index contributed by atoms with van der Waals surface area (Å²) in [6.07, 6.45) is 0. The Morgan fingerprint density at radius 1 is 1.00 bits per heavy atom. The normalized spacial score (nSPS) is 10.1. The van der Waals surface area contributed by atoms with Crippen LogP contribution in [-0.4, -0.2) is 63.8 Å². The van der Waals surface area contributed by atoms with Gasteiger partial charge in [-0.05, 0) is 0 Å². The fourth-order valence-electron chi connectivity index (χ4n) is 0.722. The van der Waals surface area contributed by atoms with Crippen molar-refractivity contribution < 1.29 is 33.6 Å². The zero-order valence-electron chi connectivity index (χ0n) is 9.14. The molecule has 16 heavy (non-hydrogen) atoms. The Morgan fingerprint density at radius 2 is 1.69 bits per heavy atom. The zero-order valence-corrected chi connectivity index (χ0v) is 9.14. The van der Waals surface area contributed by atoms with Gasteiger partial charge < -0.3 is 24.1 Å². The summed E-state index contributed by atoms with van der Waals surface area (Å²) in [7, 11) is 1.56. The fraction of sp³-hybridized carbons (Fsp3) is 0.778. The van der Waals surface area contributed by atoms with Crippen LogP contribution in [0, 0.1) is 0 Å². The number of esters is 1. The molecular weight excluding hydrogens is 220 g/mol. The van der Waals surface area contributed by atoms with Crippen LogP contribution in [0.25, 0.3) is 0 Å². The van der Waals surface area contributed by atoms with Crippen molar-refractivity contribution in [1.29, 1.82) is 0 Å². The summed E-state index contributed by atoms with van der Waals surface area (Å²) in [6, 6.07) is 0. The van der Waals surface area contributed by atoms with Crippen molar-refractivity contribution in [2.75, 3.05) is 46.8 Å². The van der Waals surface area contributed by atoms with Gasteiger partial charge in [0, 0.05) is 7.11 Å². The van der Waals surface area contributed by atoms with E-state index in [0.717, 1.165) is 0 Å². The van der Waals surface area contributed by atoms with Gasteiger partial charge in [-0.15, -0.1) is 0 Å². The molecule has 0 bridgehead atoms. The highest BCUT2D eigenvalue weighted by Gasteiger charge is 2.04.